The number of esters is 1. The molecule has 3 rings (SSSR count). The predicted octanol–water partition coefficient (Wildman–Crippen LogP) is 2.07. The van der Waals surface area contributed by atoms with Gasteiger partial charge in [-0.1, -0.05) is 0 Å². The molecular weight excluding hydrogens is 378 g/mol. The Balaban J connectivity index is 1.58. The summed E-state index contributed by atoms with van der Waals surface area (Å²) < 4.78 is 4.99. The fourth-order valence-corrected chi connectivity index (χ4v) is 3.02. The van der Waals surface area contributed by atoms with Crippen LogP contribution in [-0.4, -0.2) is 46.8 Å². The second-order valence-electron chi connectivity index (χ2n) is 6.37. The van der Waals surface area contributed by atoms with Gasteiger partial charge in [0.25, 0.3) is 0 Å². The summed E-state index contributed by atoms with van der Waals surface area (Å²) in [4.78, 5) is 31.8. The normalized spacial score (nSPS) is 16.2. The van der Waals surface area contributed by atoms with Gasteiger partial charge in [0.05, 0.1) is 17.1 Å². The molecule has 0 spiro atoms. The van der Waals surface area contributed by atoms with Crippen LogP contribution >= 0.6 is 0 Å². The van der Waals surface area contributed by atoms with Crippen LogP contribution in [0.2, 0.25) is 0 Å². The highest BCUT2D eigenvalue weighted by Gasteiger charge is 2.23. The van der Waals surface area contributed by atoms with Gasteiger partial charge in [0.1, 0.15) is 6.33 Å². The van der Waals surface area contributed by atoms with E-state index in [1.807, 2.05) is 12.1 Å². The molecule has 3 N–H and O–H groups in total. The van der Waals surface area contributed by atoms with Gasteiger partial charge in [-0.2, -0.15) is 5.10 Å². The molecule has 1 atom stereocenters. The molecule has 1 fully saturated rings. The van der Waals surface area contributed by atoms with Crippen LogP contribution < -0.4 is 16.1 Å². The van der Waals surface area contributed by atoms with Crippen molar-refractivity contribution in [1.82, 2.24) is 9.97 Å². The number of nitrogen functional groups attached to an aromatic ring is 1. The highest BCUT2D eigenvalue weighted by Crippen LogP contribution is 2.27. The smallest absolute Gasteiger partial charge is 0.354 e. The van der Waals surface area contributed by atoms with Gasteiger partial charge in [-0.25, -0.2) is 14.8 Å². The zero-order chi connectivity index (χ0) is 20.8. The van der Waals surface area contributed by atoms with E-state index in [0.717, 1.165) is 31.5 Å². The summed E-state index contributed by atoms with van der Waals surface area (Å²) >= 11 is 0. The number of hydrazone groups is 1. The van der Waals surface area contributed by atoms with Crippen molar-refractivity contribution in [1.29, 1.82) is 0 Å². The standard InChI is InChI=1S/C18H21N7O4/c1-2-29-18(26)13-3-5-14(6-4-13)24-8-7-12(10-24)9-22-23-17-15(25(27)28)16(19)20-11-21-17/h3-6,9,11-12H,2,7-8,10H2,1H3,(H3,19,20,21,23)/b22-9+. The van der Waals surface area contributed by atoms with Crippen LogP contribution in [-0.2, 0) is 4.74 Å². The van der Waals surface area contributed by atoms with Crippen LogP contribution in [0.3, 0.4) is 0 Å². The van der Waals surface area contributed by atoms with Crippen LogP contribution in [0.25, 0.3) is 0 Å². The van der Waals surface area contributed by atoms with Gasteiger partial charge >= 0.3 is 11.7 Å². The van der Waals surface area contributed by atoms with E-state index in [-0.39, 0.29) is 23.5 Å². The van der Waals surface area contributed by atoms with Crippen LogP contribution in [0, 0.1) is 16.0 Å². The summed E-state index contributed by atoms with van der Waals surface area (Å²) in [6.07, 6.45) is 3.71. The van der Waals surface area contributed by atoms with Gasteiger partial charge < -0.3 is 15.4 Å². The molecule has 0 radical (unpaired) electrons. The van der Waals surface area contributed by atoms with Gasteiger partial charge in [-0.15, -0.1) is 0 Å². The Hall–Kier alpha value is -3.76. The molecule has 152 valence electrons. The van der Waals surface area contributed by atoms with Crippen LogP contribution in [0.1, 0.15) is 23.7 Å². The first-order valence-electron chi connectivity index (χ1n) is 9.05. The first-order chi connectivity index (χ1) is 14.0. The Labute approximate surface area is 166 Å². The topological polar surface area (TPSA) is 149 Å². The molecule has 1 aromatic carbocycles. The van der Waals surface area contributed by atoms with E-state index in [2.05, 4.69) is 25.4 Å². The number of carbonyl (C=O) groups is 1. The molecule has 2 heterocycles. The SMILES string of the molecule is CCOC(=O)c1ccc(N2CCC(/C=N/Nc3ncnc(N)c3[N+](=O)[O-])C2)cc1. The third kappa shape index (κ3) is 4.75. The Morgan fingerprint density at radius 1 is 1.45 bits per heavy atom. The first-order valence-corrected chi connectivity index (χ1v) is 9.05. The summed E-state index contributed by atoms with van der Waals surface area (Å²) in [5, 5.41) is 15.2. The molecule has 0 saturated carbocycles. The van der Waals surface area contributed by atoms with E-state index >= 15 is 0 Å². The molecule has 11 heteroatoms. The largest absolute Gasteiger partial charge is 0.462 e. The molecule has 1 unspecified atom stereocenters. The van der Waals surface area contributed by atoms with Crippen molar-refractivity contribution in [2.24, 2.45) is 11.0 Å². The zero-order valence-corrected chi connectivity index (χ0v) is 15.8. The van der Waals surface area contributed by atoms with Crippen molar-refractivity contribution in [3.63, 3.8) is 0 Å². The Morgan fingerprint density at radius 2 is 2.21 bits per heavy atom. The summed E-state index contributed by atoms with van der Waals surface area (Å²) in [5.74, 6) is -0.453. The van der Waals surface area contributed by atoms with Gasteiger partial charge in [0, 0.05) is 30.9 Å². The van der Waals surface area contributed by atoms with Crippen molar-refractivity contribution in [3.8, 4) is 0 Å². The molecule has 1 aliphatic rings. The molecule has 1 aliphatic heterocycles. The minimum absolute atomic E-state index is 0.0526. The van der Waals surface area contributed by atoms with Crippen LogP contribution in [0.5, 0.6) is 0 Å². The van der Waals surface area contributed by atoms with E-state index in [0.29, 0.717) is 12.2 Å². The quantitative estimate of drug-likeness (QED) is 0.309. The summed E-state index contributed by atoms with van der Waals surface area (Å²) in [5.41, 5.74) is 9.21. The fourth-order valence-electron chi connectivity index (χ4n) is 3.02. The molecule has 11 nitrogen and oxygen atoms in total. The van der Waals surface area contributed by atoms with E-state index < -0.39 is 10.6 Å². The summed E-state index contributed by atoms with van der Waals surface area (Å²) in [7, 11) is 0. The lowest BCUT2D eigenvalue weighted by Crippen LogP contribution is -2.20. The third-order valence-electron chi connectivity index (χ3n) is 4.46. The highest BCUT2D eigenvalue weighted by molar-refractivity contribution is 5.89. The van der Waals surface area contributed by atoms with Crippen molar-refractivity contribution in [3.05, 3.63) is 46.3 Å². The van der Waals surface area contributed by atoms with Gasteiger partial charge in [0.2, 0.25) is 11.6 Å². The Kier molecular flexibility index (Phi) is 6.17. The first kappa shape index (κ1) is 20.0. The number of rotatable bonds is 7. The average Bonchev–Trinajstić information content (AvgIpc) is 3.17. The monoisotopic (exact) mass is 399 g/mol. The Bertz CT molecular complexity index is 917. The number of nitro groups is 1. The maximum absolute atomic E-state index is 11.7. The molecule has 29 heavy (non-hydrogen) atoms. The summed E-state index contributed by atoms with van der Waals surface area (Å²) in [6, 6.07) is 7.26. The second-order valence-corrected chi connectivity index (χ2v) is 6.37. The van der Waals surface area contributed by atoms with E-state index in [4.69, 9.17) is 10.5 Å². The number of ether oxygens (including phenoxy) is 1. The molecule has 0 bridgehead atoms. The number of nitrogens with zero attached hydrogens (tertiary/aromatic N) is 5. The van der Waals surface area contributed by atoms with E-state index in [1.165, 1.54) is 0 Å². The number of anilines is 3. The van der Waals surface area contributed by atoms with Crippen LogP contribution in [0.15, 0.2) is 35.7 Å². The van der Waals surface area contributed by atoms with Crippen molar-refractivity contribution >= 4 is 35.2 Å². The minimum atomic E-state index is -0.648. The van der Waals surface area contributed by atoms with Crippen molar-refractivity contribution in [2.45, 2.75) is 13.3 Å². The Morgan fingerprint density at radius 3 is 2.90 bits per heavy atom. The number of nitrogens with two attached hydrogens (primary N) is 1. The lowest BCUT2D eigenvalue weighted by Gasteiger charge is -2.18. The number of hydrogen-bond acceptors (Lipinski definition) is 10. The van der Waals surface area contributed by atoms with Crippen molar-refractivity contribution in [2.75, 3.05) is 35.8 Å². The second kappa shape index (κ2) is 8.95. The number of carbonyl (C=O) groups excluding carboxylic acids is 1. The van der Waals surface area contributed by atoms with Crippen LogP contribution in [0.4, 0.5) is 23.0 Å². The molecular formula is C18H21N7O4. The maximum atomic E-state index is 11.7. The van der Waals surface area contributed by atoms with Crippen molar-refractivity contribution < 1.29 is 14.5 Å². The summed E-state index contributed by atoms with van der Waals surface area (Å²) in [6.45, 7) is 3.67. The average molecular weight is 399 g/mol. The number of benzene rings is 1. The fraction of sp³-hybridized carbons (Fsp3) is 0.333. The lowest BCUT2D eigenvalue weighted by atomic mass is 10.1. The molecule has 2 aromatic rings. The third-order valence-corrected chi connectivity index (χ3v) is 4.46. The maximum Gasteiger partial charge on any atom is 0.354 e. The lowest BCUT2D eigenvalue weighted by molar-refractivity contribution is -0.383. The van der Waals surface area contributed by atoms with Gasteiger partial charge in [0.15, 0.2) is 0 Å². The van der Waals surface area contributed by atoms with E-state index in [9.17, 15) is 14.9 Å². The highest BCUT2D eigenvalue weighted by atomic mass is 16.6. The number of aromatic nitrogens is 2. The van der Waals surface area contributed by atoms with Gasteiger partial charge in [-0.05, 0) is 37.6 Å². The molecule has 0 amide bonds. The molecule has 0 aliphatic carbocycles. The predicted molar refractivity (Wildman–Crippen MR) is 108 cm³/mol. The van der Waals surface area contributed by atoms with Gasteiger partial charge in [-0.3, -0.25) is 15.5 Å². The zero-order valence-electron chi connectivity index (χ0n) is 15.8. The number of nitrogens with one attached hydrogen (secondary N) is 1. The molecule has 1 saturated heterocycles. The molecule has 1 aromatic heterocycles. The van der Waals surface area contributed by atoms with E-state index in [1.54, 1.807) is 25.3 Å². The minimum Gasteiger partial charge on any atom is -0.462 e. The number of hydrogen-bond donors (Lipinski definition) is 2.